The summed E-state index contributed by atoms with van der Waals surface area (Å²) in [7, 11) is -2.92. The second kappa shape index (κ2) is 16.0. The summed E-state index contributed by atoms with van der Waals surface area (Å²) >= 11 is 12.9. The standard InChI is InChI=1S/C35H37Cl2N3O5S/c1-4-25(2)38-35(42)32(21-26-13-7-5-8-14-26)39(23-27-15-11-12-18-30(27)37)34(41)24-40(31-22-28(36)19-20-33(31)45-3)46(43,44)29-16-9-6-10-17-29/h5-20,22,25,32H,4,21,23-24H2,1-3H3,(H,38,42)/t25-,32-/m0/s1. The first-order chi connectivity index (χ1) is 22.0. The maximum atomic E-state index is 14.6. The van der Waals surface area contributed by atoms with Gasteiger partial charge >= 0.3 is 0 Å². The second-order valence-corrected chi connectivity index (χ2v) is 13.5. The van der Waals surface area contributed by atoms with E-state index in [4.69, 9.17) is 27.9 Å². The highest BCUT2D eigenvalue weighted by Crippen LogP contribution is 2.35. The van der Waals surface area contributed by atoms with Gasteiger partial charge in [0.15, 0.2) is 0 Å². The minimum absolute atomic E-state index is 0.0298. The zero-order valence-electron chi connectivity index (χ0n) is 25.9. The zero-order chi connectivity index (χ0) is 33.3. The molecule has 0 heterocycles. The van der Waals surface area contributed by atoms with Crippen molar-refractivity contribution in [3.8, 4) is 5.75 Å². The molecule has 0 aliphatic rings. The van der Waals surface area contributed by atoms with Crippen molar-refractivity contribution in [2.24, 2.45) is 0 Å². The van der Waals surface area contributed by atoms with E-state index in [0.29, 0.717) is 17.0 Å². The number of carbonyl (C=O) groups is 2. The van der Waals surface area contributed by atoms with Gasteiger partial charge in [0.2, 0.25) is 11.8 Å². The summed E-state index contributed by atoms with van der Waals surface area (Å²) in [6, 6.07) is 27.6. The normalized spacial score (nSPS) is 12.5. The van der Waals surface area contributed by atoms with Crippen molar-refractivity contribution < 1.29 is 22.7 Å². The Bertz CT molecular complexity index is 1740. The van der Waals surface area contributed by atoms with E-state index in [9.17, 15) is 18.0 Å². The van der Waals surface area contributed by atoms with Gasteiger partial charge in [0.1, 0.15) is 18.3 Å². The number of hydrogen-bond acceptors (Lipinski definition) is 5. The minimum atomic E-state index is -4.32. The highest BCUT2D eigenvalue weighted by molar-refractivity contribution is 7.92. The van der Waals surface area contributed by atoms with Crippen LogP contribution in [0.3, 0.4) is 0 Å². The fourth-order valence-corrected chi connectivity index (χ4v) is 6.70. The van der Waals surface area contributed by atoms with Crippen molar-refractivity contribution in [1.82, 2.24) is 10.2 Å². The van der Waals surface area contributed by atoms with E-state index >= 15 is 0 Å². The molecule has 0 aliphatic carbocycles. The van der Waals surface area contributed by atoms with Gasteiger partial charge in [-0.25, -0.2) is 8.42 Å². The Morgan fingerprint density at radius 2 is 1.52 bits per heavy atom. The first-order valence-corrected chi connectivity index (χ1v) is 17.0. The third-order valence-corrected chi connectivity index (χ3v) is 9.97. The van der Waals surface area contributed by atoms with Gasteiger partial charge in [0, 0.05) is 29.1 Å². The highest BCUT2D eigenvalue weighted by Gasteiger charge is 2.36. The number of hydrogen-bond donors (Lipinski definition) is 1. The van der Waals surface area contributed by atoms with Crippen LogP contribution in [0.4, 0.5) is 5.69 Å². The van der Waals surface area contributed by atoms with Crippen molar-refractivity contribution in [2.75, 3.05) is 18.0 Å². The van der Waals surface area contributed by atoms with Gasteiger partial charge in [-0.05, 0) is 60.9 Å². The first-order valence-electron chi connectivity index (χ1n) is 14.8. The molecule has 4 aromatic rings. The van der Waals surface area contributed by atoms with Crippen LogP contribution < -0.4 is 14.4 Å². The topological polar surface area (TPSA) is 96.0 Å². The number of benzene rings is 4. The predicted molar refractivity (Wildman–Crippen MR) is 183 cm³/mol. The molecule has 4 aromatic carbocycles. The Hall–Kier alpha value is -4.05. The molecule has 46 heavy (non-hydrogen) atoms. The van der Waals surface area contributed by atoms with Gasteiger partial charge in [-0.15, -0.1) is 0 Å². The summed E-state index contributed by atoms with van der Waals surface area (Å²) in [5.74, 6) is -0.789. The van der Waals surface area contributed by atoms with Crippen LogP contribution in [-0.4, -0.2) is 50.9 Å². The number of anilines is 1. The van der Waals surface area contributed by atoms with Crippen molar-refractivity contribution in [3.05, 3.63) is 124 Å². The lowest BCUT2D eigenvalue weighted by Gasteiger charge is -2.34. The average molecular weight is 683 g/mol. The Kier molecular flexibility index (Phi) is 12.1. The van der Waals surface area contributed by atoms with E-state index in [-0.39, 0.29) is 46.3 Å². The Morgan fingerprint density at radius 3 is 2.15 bits per heavy atom. The van der Waals surface area contributed by atoms with Crippen LogP contribution in [0, 0.1) is 0 Å². The monoisotopic (exact) mass is 681 g/mol. The molecule has 0 unspecified atom stereocenters. The molecule has 0 aromatic heterocycles. The minimum Gasteiger partial charge on any atom is -0.495 e. The van der Waals surface area contributed by atoms with Crippen molar-refractivity contribution in [2.45, 2.75) is 50.2 Å². The van der Waals surface area contributed by atoms with Gasteiger partial charge in [-0.1, -0.05) is 96.9 Å². The van der Waals surface area contributed by atoms with Gasteiger partial charge < -0.3 is 15.0 Å². The number of carbonyl (C=O) groups excluding carboxylic acids is 2. The smallest absolute Gasteiger partial charge is 0.264 e. The number of ether oxygens (including phenoxy) is 1. The van der Waals surface area contributed by atoms with E-state index in [0.717, 1.165) is 9.87 Å². The van der Waals surface area contributed by atoms with Crippen LogP contribution in [0.2, 0.25) is 10.0 Å². The Balaban J connectivity index is 1.86. The van der Waals surface area contributed by atoms with E-state index in [1.165, 1.54) is 36.3 Å². The van der Waals surface area contributed by atoms with Gasteiger partial charge in [-0.2, -0.15) is 0 Å². The number of halogens is 2. The first kappa shape index (κ1) is 34.8. The van der Waals surface area contributed by atoms with Crippen molar-refractivity contribution >= 4 is 50.7 Å². The maximum absolute atomic E-state index is 14.6. The number of methoxy groups -OCH3 is 1. The van der Waals surface area contributed by atoms with E-state index in [1.54, 1.807) is 48.5 Å². The molecule has 4 rings (SSSR count). The van der Waals surface area contributed by atoms with E-state index in [2.05, 4.69) is 5.32 Å². The largest absolute Gasteiger partial charge is 0.495 e. The molecule has 242 valence electrons. The second-order valence-electron chi connectivity index (χ2n) is 10.8. The lowest BCUT2D eigenvalue weighted by molar-refractivity contribution is -0.140. The van der Waals surface area contributed by atoms with Crippen LogP contribution >= 0.6 is 23.2 Å². The molecular formula is C35H37Cl2N3O5S. The number of rotatable bonds is 14. The summed E-state index contributed by atoms with van der Waals surface area (Å²) in [6.07, 6.45) is 0.866. The summed E-state index contributed by atoms with van der Waals surface area (Å²) in [4.78, 5) is 29.9. The van der Waals surface area contributed by atoms with E-state index in [1.807, 2.05) is 44.2 Å². The third-order valence-electron chi connectivity index (χ3n) is 7.59. The van der Waals surface area contributed by atoms with Crippen LogP contribution in [0.1, 0.15) is 31.4 Å². The summed E-state index contributed by atoms with van der Waals surface area (Å²) in [5, 5.41) is 3.68. The van der Waals surface area contributed by atoms with Crippen LogP contribution in [0.5, 0.6) is 5.75 Å². The fraction of sp³-hybridized carbons (Fsp3) is 0.257. The quantitative estimate of drug-likeness (QED) is 0.159. The molecule has 11 heteroatoms. The molecule has 0 aliphatic heterocycles. The number of nitrogens with zero attached hydrogens (tertiary/aromatic N) is 2. The summed E-state index contributed by atoms with van der Waals surface area (Å²) in [5.41, 5.74) is 1.51. The molecule has 0 bridgehead atoms. The molecule has 8 nitrogen and oxygen atoms in total. The molecule has 1 N–H and O–H groups in total. The molecule has 0 radical (unpaired) electrons. The van der Waals surface area contributed by atoms with E-state index < -0.39 is 28.5 Å². The van der Waals surface area contributed by atoms with Crippen LogP contribution in [-0.2, 0) is 32.6 Å². The van der Waals surface area contributed by atoms with Crippen LogP contribution in [0.15, 0.2) is 108 Å². The summed E-state index contributed by atoms with van der Waals surface area (Å²) < 4.78 is 34.9. The van der Waals surface area contributed by atoms with Gasteiger partial charge in [0.25, 0.3) is 10.0 Å². The SMILES string of the molecule is CC[C@H](C)NC(=O)[C@H](Cc1ccccc1)N(Cc1ccccc1Cl)C(=O)CN(c1cc(Cl)ccc1OC)S(=O)(=O)c1ccccc1. The Labute approximate surface area is 280 Å². The lowest BCUT2D eigenvalue weighted by atomic mass is 10.0. The average Bonchev–Trinajstić information content (AvgIpc) is 3.06. The van der Waals surface area contributed by atoms with Crippen molar-refractivity contribution in [3.63, 3.8) is 0 Å². The number of sulfonamides is 1. The highest BCUT2D eigenvalue weighted by atomic mass is 35.5. The molecule has 0 fully saturated rings. The third kappa shape index (κ3) is 8.60. The van der Waals surface area contributed by atoms with Crippen LogP contribution in [0.25, 0.3) is 0 Å². The van der Waals surface area contributed by atoms with Gasteiger partial charge in [-0.3, -0.25) is 13.9 Å². The fourth-order valence-electron chi connectivity index (χ4n) is 4.90. The summed E-state index contributed by atoms with van der Waals surface area (Å²) in [6.45, 7) is 3.14. The van der Waals surface area contributed by atoms with Gasteiger partial charge in [0.05, 0.1) is 17.7 Å². The number of nitrogens with one attached hydrogen (secondary N) is 1. The molecule has 2 amide bonds. The predicted octanol–water partition coefficient (Wildman–Crippen LogP) is 6.75. The molecular weight excluding hydrogens is 645 g/mol. The molecule has 2 atom stereocenters. The zero-order valence-corrected chi connectivity index (χ0v) is 28.2. The maximum Gasteiger partial charge on any atom is 0.264 e. The lowest BCUT2D eigenvalue weighted by Crippen LogP contribution is -2.54. The molecule has 0 saturated carbocycles. The molecule has 0 saturated heterocycles. The number of amides is 2. The molecule has 0 spiro atoms. The Morgan fingerprint density at radius 1 is 0.891 bits per heavy atom. The van der Waals surface area contributed by atoms with Crippen molar-refractivity contribution in [1.29, 1.82) is 0 Å².